The van der Waals surface area contributed by atoms with Crippen molar-refractivity contribution < 1.29 is 6.90 Å². The fourth-order valence-corrected chi connectivity index (χ4v) is 0. The summed E-state index contributed by atoms with van der Waals surface area (Å²) in [7, 11) is 0. The second-order valence-corrected chi connectivity index (χ2v) is 0.789. The summed E-state index contributed by atoms with van der Waals surface area (Å²) in [5, 5.41) is 0. The predicted octanol–water partition coefficient (Wildman–Crippen LogP) is 0.803. The topological polar surface area (TPSA) is 57.5 Å². The van der Waals surface area contributed by atoms with Crippen LogP contribution in [0.5, 0.6) is 0 Å². The molecule has 50 valence electrons. The quantitative estimate of drug-likeness (QED) is 0.532. The molecule has 0 aromatic heterocycles. The lowest BCUT2D eigenvalue weighted by Gasteiger charge is -1.70. The van der Waals surface area contributed by atoms with Gasteiger partial charge in [-0.2, -0.15) is 0 Å². The van der Waals surface area contributed by atoms with E-state index in [1.165, 1.54) is 0 Å². The summed E-state index contributed by atoms with van der Waals surface area (Å²) in [5.74, 6) is 0. The molecule has 0 aliphatic carbocycles. The average molecular weight is 109 g/mol. The molecule has 0 atom stereocenters. The third-order valence-corrected chi connectivity index (χ3v) is 0.289. The lowest BCUT2D eigenvalue weighted by atomic mass is 10.5. The third kappa shape index (κ3) is 107. The van der Waals surface area contributed by atoms with Crippen molar-refractivity contribution in [3.8, 4) is 0 Å². The lowest BCUT2D eigenvalue weighted by molar-refractivity contribution is 0.824. The van der Waals surface area contributed by atoms with E-state index >= 15 is 0 Å². The van der Waals surface area contributed by atoms with Crippen LogP contribution in [0.15, 0.2) is 0 Å². The molecule has 0 spiro atoms. The van der Waals surface area contributed by atoms with Gasteiger partial charge >= 0.3 is 0 Å². The fraction of sp³-hybridized carbons (Fsp3) is 1.00. The molecular formula is C5H19NO. The summed E-state index contributed by atoms with van der Waals surface area (Å²) in [6.45, 7) is 6.88. The first kappa shape index (κ1) is 15.8. The molecule has 0 amide bonds. The van der Waals surface area contributed by atoms with Gasteiger partial charge in [0.2, 0.25) is 0 Å². The smallest absolute Gasteiger partial charge is 0 e. The molecule has 2 nitrogen and oxygen atoms in total. The molecule has 4 N–H and O–H groups in total. The molecule has 0 aromatic carbocycles. The van der Waals surface area contributed by atoms with Crippen LogP contribution in [-0.4, -0.2) is 12.0 Å². The summed E-state index contributed by atoms with van der Waals surface area (Å²) >= 11 is 0. The number of rotatable bonds is 1. The molecule has 0 rings (SSSR count). The van der Waals surface area contributed by atoms with Crippen molar-refractivity contribution in [1.29, 1.82) is 0 Å². The zero-order chi connectivity index (χ0) is 5.41. The van der Waals surface area contributed by atoms with Crippen LogP contribution in [-0.2, 0) is 0 Å². The van der Waals surface area contributed by atoms with Crippen LogP contribution in [0, 0.1) is 0 Å². The molecule has 0 saturated carbocycles. The standard InChI is InChI=1S/C3H9N.C2H6.H2O.H2/c1-2-3-4;1-2;;/h2-4H2,1H3;1-2H3;1H2;1H. The molecule has 0 bridgehead atoms. The minimum atomic E-state index is 0. The molecule has 0 radical (unpaired) electrons. The Hall–Kier alpha value is -0.0800. The monoisotopic (exact) mass is 109 g/mol. The van der Waals surface area contributed by atoms with Gasteiger partial charge in [0.15, 0.2) is 0 Å². The maximum absolute atomic E-state index is 5.03. The van der Waals surface area contributed by atoms with E-state index in [2.05, 4.69) is 6.92 Å². The largest absolute Gasteiger partial charge is 0.412 e. The van der Waals surface area contributed by atoms with E-state index in [4.69, 9.17) is 5.73 Å². The molecule has 7 heavy (non-hydrogen) atoms. The second-order valence-electron chi connectivity index (χ2n) is 0.789. The van der Waals surface area contributed by atoms with Crippen LogP contribution in [0.2, 0.25) is 0 Å². The van der Waals surface area contributed by atoms with Gasteiger partial charge in [0, 0.05) is 1.43 Å². The van der Waals surface area contributed by atoms with Crippen molar-refractivity contribution in [3.63, 3.8) is 0 Å². The minimum absolute atomic E-state index is 0. The highest BCUT2D eigenvalue weighted by atomic mass is 16.0. The summed E-state index contributed by atoms with van der Waals surface area (Å²) in [4.78, 5) is 0. The Bertz CT molecular complexity index is 14.4. The number of nitrogens with two attached hydrogens (primary N) is 1. The summed E-state index contributed by atoms with van der Waals surface area (Å²) in [6.07, 6.45) is 1.10. The maximum atomic E-state index is 5.03. The molecule has 0 saturated heterocycles. The van der Waals surface area contributed by atoms with Gasteiger partial charge in [-0.25, -0.2) is 0 Å². The molecule has 2 heteroatoms. The zero-order valence-corrected chi connectivity index (χ0v) is 5.49. The van der Waals surface area contributed by atoms with Crippen LogP contribution in [0.25, 0.3) is 0 Å². The SMILES string of the molecule is CC.CCCN.O.[HH]. The van der Waals surface area contributed by atoms with E-state index in [0.717, 1.165) is 13.0 Å². The average Bonchev–Trinajstić information content (AvgIpc) is 1.72. The first-order valence-corrected chi connectivity index (χ1v) is 2.62. The molecule has 0 aromatic rings. The Morgan fingerprint density at radius 1 is 1.43 bits per heavy atom. The van der Waals surface area contributed by atoms with Gasteiger partial charge in [-0.05, 0) is 13.0 Å². The molecule has 0 aliphatic heterocycles. The predicted molar refractivity (Wildman–Crippen MR) is 36.4 cm³/mol. The van der Waals surface area contributed by atoms with Gasteiger partial charge in [0.25, 0.3) is 0 Å². The van der Waals surface area contributed by atoms with Crippen molar-refractivity contribution in [2.24, 2.45) is 5.73 Å². The Kier molecular flexibility index (Phi) is 87.6. The van der Waals surface area contributed by atoms with Crippen molar-refractivity contribution >= 4 is 0 Å². The Morgan fingerprint density at radius 3 is 1.57 bits per heavy atom. The van der Waals surface area contributed by atoms with E-state index in [-0.39, 0.29) is 6.90 Å². The first-order valence-electron chi connectivity index (χ1n) is 2.62. The highest BCUT2D eigenvalue weighted by Gasteiger charge is 1.55. The van der Waals surface area contributed by atoms with Gasteiger partial charge in [-0.1, -0.05) is 20.8 Å². The van der Waals surface area contributed by atoms with Crippen molar-refractivity contribution in [2.45, 2.75) is 27.2 Å². The van der Waals surface area contributed by atoms with Crippen molar-refractivity contribution in [1.82, 2.24) is 0 Å². The lowest BCUT2D eigenvalue weighted by Crippen LogP contribution is -1.93. The van der Waals surface area contributed by atoms with Crippen LogP contribution < -0.4 is 5.73 Å². The number of hydrogen-bond donors (Lipinski definition) is 1. The van der Waals surface area contributed by atoms with E-state index < -0.39 is 0 Å². The summed E-state index contributed by atoms with van der Waals surface area (Å²) in [5.41, 5.74) is 5.03. The first-order chi connectivity index (χ1) is 2.91. The molecule has 0 heterocycles. The van der Waals surface area contributed by atoms with E-state index in [0.29, 0.717) is 0 Å². The summed E-state index contributed by atoms with van der Waals surface area (Å²) < 4.78 is 0. The normalized spacial score (nSPS) is 5.14. The van der Waals surface area contributed by atoms with Crippen molar-refractivity contribution in [3.05, 3.63) is 0 Å². The second kappa shape index (κ2) is 38.9. The van der Waals surface area contributed by atoms with E-state index in [9.17, 15) is 0 Å². The van der Waals surface area contributed by atoms with E-state index in [1.807, 2.05) is 13.8 Å². The van der Waals surface area contributed by atoms with Gasteiger partial charge in [0.05, 0.1) is 0 Å². The summed E-state index contributed by atoms with van der Waals surface area (Å²) in [6, 6.07) is 0. The van der Waals surface area contributed by atoms with Gasteiger partial charge in [0.1, 0.15) is 0 Å². The van der Waals surface area contributed by atoms with Crippen LogP contribution >= 0.6 is 0 Å². The van der Waals surface area contributed by atoms with Crippen LogP contribution in [0.1, 0.15) is 28.6 Å². The van der Waals surface area contributed by atoms with Crippen LogP contribution in [0.3, 0.4) is 0 Å². The van der Waals surface area contributed by atoms with E-state index in [1.54, 1.807) is 0 Å². The Morgan fingerprint density at radius 2 is 1.57 bits per heavy atom. The molecule has 0 unspecified atom stereocenters. The molecule has 0 aliphatic rings. The Balaban J connectivity index is -0.0000000183. The van der Waals surface area contributed by atoms with Gasteiger partial charge < -0.3 is 11.2 Å². The fourth-order valence-electron chi connectivity index (χ4n) is 0. The van der Waals surface area contributed by atoms with Crippen LogP contribution in [0.4, 0.5) is 0 Å². The van der Waals surface area contributed by atoms with Crippen molar-refractivity contribution in [2.75, 3.05) is 6.54 Å². The maximum Gasteiger partial charge on any atom is 0 e. The highest BCUT2D eigenvalue weighted by molar-refractivity contribution is 4.19. The molecule has 0 fully saturated rings. The number of hydrogen-bond acceptors (Lipinski definition) is 1. The zero-order valence-electron chi connectivity index (χ0n) is 5.49. The van der Waals surface area contributed by atoms with Gasteiger partial charge in [-0.3, -0.25) is 0 Å². The Labute approximate surface area is 47.5 Å². The molecular weight excluding hydrogens is 90.1 g/mol. The third-order valence-electron chi connectivity index (χ3n) is 0.289. The van der Waals surface area contributed by atoms with Gasteiger partial charge in [-0.15, -0.1) is 0 Å². The highest BCUT2D eigenvalue weighted by Crippen LogP contribution is 1.57. The minimum Gasteiger partial charge on any atom is -0.412 e.